The molecule has 1 nitrogen and oxygen atoms in total. The van der Waals surface area contributed by atoms with Gasteiger partial charge < -0.3 is 0 Å². The molecule has 0 heterocycles. The van der Waals surface area contributed by atoms with Gasteiger partial charge in [0.1, 0.15) is 0 Å². The van der Waals surface area contributed by atoms with Gasteiger partial charge in [0.25, 0.3) is 0 Å². The summed E-state index contributed by atoms with van der Waals surface area (Å²) >= 11 is 3.44. The molecule has 0 N–H and O–H groups in total. The van der Waals surface area contributed by atoms with Crippen LogP contribution < -0.4 is 0 Å². The van der Waals surface area contributed by atoms with Crippen molar-refractivity contribution in [2.45, 2.75) is 39.8 Å². The molecule has 0 aliphatic heterocycles. The Morgan fingerprint density at radius 2 is 1.22 bits per heavy atom. The summed E-state index contributed by atoms with van der Waals surface area (Å²) in [6.07, 6.45) is 0. The van der Waals surface area contributed by atoms with Gasteiger partial charge in [-0.25, -0.2) is 3.93 Å². The Morgan fingerprint density at radius 1 is 1.00 bits per heavy atom. The van der Waals surface area contributed by atoms with Crippen LogP contribution in [-0.4, -0.2) is 39.1 Å². The van der Waals surface area contributed by atoms with Gasteiger partial charge in [0, 0.05) is 28.2 Å². The zero-order valence-corrected chi connectivity index (χ0v) is 7.57. The smallest absolute Gasteiger partial charge is 0.237 e. The van der Waals surface area contributed by atoms with Crippen molar-refractivity contribution in [2.24, 2.45) is 0 Å². The summed E-state index contributed by atoms with van der Waals surface area (Å²) in [5.74, 6) is 0. The third kappa shape index (κ3) is 5.64. The van der Waals surface area contributed by atoms with Gasteiger partial charge in [-0.05, 0) is 27.7 Å². The highest BCUT2D eigenvalue weighted by molar-refractivity contribution is 9.07. The number of nitrogens with zero attached hydrogens (tertiary/aromatic N) is 1. The van der Waals surface area contributed by atoms with E-state index < -0.39 is 0 Å². The van der Waals surface area contributed by atoms with Crippen LogP contribution in [-0.2, 0) is 0 Å². The van der Waals surface area contributed by atoms with E-state index in [0.29, 0.717) is 12.1 Å². The summed E-state index contributed by atoms with van der Waals surface area (Å²) in [4.78, 5) is 0. The quantitative estimate of drug-likeness (QED) is 0.489. The molecular formula is C6H16BrMgN. The van der Waals surface area contributed by atoms with Crippen molar-refractivity contribution < 1.29 is 0 Å². The minimum atomic E-state index is 0. The number of rotatable bonds is 2. The highest BCUT2D eigenvalue weighted by atomic mass is 79.9. The van der Waals surface area contributed by atoms with Crippen LogP contribution in [0.15, 0.2) is 0 Å². The van der Waals surface area contributed by atoms with E-state index in [9.17, 15) is 0 Å². The summed E-state index contributed by atoms with van der Waals surface area (Å²) in [6, 6.07) is 1.19. The summed E-state index contributed by atoms with van der Waals surface area (Å²) < 4.78 is 2.15. The second-order valence-corrected chi connectivity index (χ2v) is 3.35. The molecule has 0 amide bonds. The Labute approximate surface area is 82.7 Å². The molecule has 54 valence electrons. The first-order valence-corrected chi connectivity index (χ1v) is 3.70. The van der Waals surface area contributed by atoms with Crippen LogP contribution in [0.1, 0.15) is 27.7 Å². The van der Waals surface area contributed by atoms with E-state index in [1.807, 2.05) is 0 Å². The molecule has 0 aromatic rings. The van der Waals surface area contributed by atoms with Crippen LogP contribution in [0.2, 0.25) is 0 Å². The lowest BCUT2D eigenvalue weighted by atomic mass is 10.3. The summed E-state index contributed by atoms with van der Waals surface area (Å²) in [7, 11) is 0. The summed E-state index contributed by atoms with van der Waals surface area (Å²) in [5.41, 5.74) is 0. The van der Waals surface area contributed by atoms with Crippen molar-refractivity contribution in [1.29, 1.82) is 0 Å². The largest absolute Gasteiger partial charge is 0.316 e. The van der Waals surface area contributed by atoms with E-state index in [-0.39, 0.29) is 23.1 Å². The van der Waals surface area contributed by atoms with Gasteiger partial charge in [0.05, 0.1) is 0 Å². The van der Waals surface area contributed by atoms with E-state index in [1.165, 1.54) is 0 Å². The summed E-state index contributed by atoms with van der Waals surface area (Å²) in [6.45, 7) is 8.65. The Balaban J connectivity index is 0. The van der Waals surface area contributed by atoms with Crippen molar-refractivity contribution in [3.05, 3.63) is 0 Å². The van der Waals surface area contributed by atoms with Gasteiger partial charge in [-0.15, -0.1) is 0 Å². The minimum absolute atomic E-state index is 0. The topological polar surface area (TPSA) is 3.24 Å². The minimum Gasteiger partial charge on any atom is -0.237 e. The molecule has 0 saturated carbocycles. The van der Waals surface area contributed by atoms with E-state index in [4.69, 9.17) is 0 Å². The molecule has 0 atom stereocenters. The standard InChI is InChI=1S/C6H14BrN.Mg.2H/c1-5(2)8(7)6(3)4;;;/h5-6H,1-4H3;;;. The molecule has 0 aromatic heterocycles. The van der Waals surface area contributed by atoms with Crippen LogP contribution >= 0.6 is 16.1 Å². The molecule has 0 radical (unpaired) electrons. The van der Waals surface area contributed by atoms with Crippen LogP contribution in [0.4, 0.5) is 0 Å². The molecule has 0 aromatic carbocycles. The van der Waals surface area contributed by atoms with E-state index in [2.05, 4.69) is 47.8 Å². The van der Waals surface area contributed by atoms with Crippen LogP contribution in [0.25, 0.3) is 0 Å². The molecule has 0 bridgehead atoms. The lowest BCUT2D eigenvalue weighted by Gasteiger charge is -2.21. The number of hydrogen-bond acceptors (Lipinski definition) is 1. The molecular weight excluding hydrogens is 190 g/mol. The predicted octanol–water partition coefficient (Wildman–Crippen LogP) is 1.50. The molecule has 3 heteroatoms. The van der Waals surface area contributed by atoms with Gasteiger partial charge in [0.2, 0.25) is 0 Å². The molecule has 0 spiro atoms. The SMILES string of the molecule is CC(C)N(Br)C(C)C.[MgH2]. The first-order valence-electron chi connectivity index (χ1n) is 2.99. The molecule has 0 aliphatic carbocycles. The highest BCUT2D eigenvalue weighted by Crippen LogP contribution is 2.09. The molecule has 0 aliphatic rings. The van der Waals surface area contributed by atoms with Crippen molar-refractivity contribution in [3.8, 4) is 0 Å². The molecule has 0 rings (SSSR count). The van der Waals surface area contributed by atoms with Crippen LogP contribution in [0.3, 0.4) is 0 Å². The average molecular weight is 206 g/mol. The van der Waals surface area contributed by atoms with Crippen molar-refractivity contribution in [2.75, 3.05) is 0 Å². The van der Waals surface area contributed by atoms with Gasteiger partial charge in [0.15, 0.2) is 0 Å². The monoisotopic (exact) mass is 205 g/mol. The van der Waals surface area contributed by atoms with Gasteiger partial charge in [-0.3, -0.25) is 0 Å². The lowest BCUT2D eigenvalue weighted by Crippen LogP contribution is -2.26. The Morgan fingerprint density at radius 3 is 1.22 bits per heavy atom. The Hall–Kier alpha value is 1.21. The fourth-order valence-electron chi connectivity index (χ4n) is 0.596. The fraction of sp³-hybridized carbons (Fsp3) is 1.00. The third-order valence-electron chi connectivity index (χ3n) is 0.987. The molecule has 0 unspecified atom stereocenters. The second kappa shape index (κ2) is 5.95. The zero-order valence-electron chi connectivity index (χ0n) is 5.98. The average Bonchev–Trinajstić information content (AvgIpc) is 1.64. The van der Waals surface area contributed by atoms with E-state index in [0.717, 1.165) is 0 Å². The Bertz CT molecular complexity index is 58.1. The maximum Gasteiger partial charge on any atom is 0.316 e. The maximum atomic E-state index is 3.44. The molecule has 0 saturated heterocycles. The lowest BCUT2D eigenvalue weighted by molar-refractivity contribution is 0.349. The first kappa shape index (κ1) is 12.8. The maximum absolute atomic E-state index is 3.44. The van der Waals surface area contributed by atoms with Crippen molar-refractivity contribution in [3.63, 3.8) is 0 Å². The van der Waals surface area contributed by atoms with Crippen molar-refractivity contribution in [1.82, 2.24) is 3.93 Å². The highest BCUT2D eigenvalue weighted by Gasteiger charge is 2.07. The normalized spacial score (nSPS) is 10.7. The van der Waals surface area contributed by atoms with Gasteiger partial charge >= 0.3 is 23.1 Å². The predicted molar refractivity (Wildman–Crippen MR) is 49.6 cm³/mol. The van der Waals surface area contributed by atoms with E-state index >= 15 is 0 Å². The summed E-state index contributed by atoms with van der Waals surface area (Å²) in [5, 5.41) is 0. The van der Waals surface area contributed by atoms with E-state index in [1.54, 1.807) is 0 Å². The Kier molecular flexibility index (Phi) is 8.49. The zero-order chi connectivity index (χ0) is 6.73. The van der Waals surface area contributed by atoms with Gasteiger partial charge in [-0.2, -0.15) is 0 Å². The fourth-order valence-corrected chi connectivity index (χ4v) is 0.596. The second-order valence-electron chi connectivity index (χ2n) is 2.53. The van der Waals surface area contributed by atoms with Crippen molar-refractivity contribution >= 4 is 39.2 Å². The van der Waals surface area contributed by atoms with Crippen LogP contribution in [0.5, 0.6) is 0 Å². The van der Waals surface area contributed by atoms with Crippen LogP contribution in [0, 0.1) is 0 Å². The number of halogens is 1. The third-order valence-corrected chi connectivity index (χ3v) is 2.62. The van der Waals surface area contributed by atoms with Gasteiger partial charge in [-0.1, -0.05) is 0 Å². The molecule has 0 fully saturated rings. The molecule has 9 heavy (non-hydrogen) atoms. The number of hydrogen-bond donors (Lipinski definition) is 0. The first-order chi connectivity index (χ1) is 3.55.